The Bertz CT molecular complexity index is 792. The van der Waals surface area contributed by atoms with Gasteiger partial charge < -0.3 is 20.9 Å². The molecular weight excluding hydrogens is 356 g/mol. The first kappa shape index (κ1) is 21.3. The first-order valence-corrected chi connectivity index (χ1v) is 9.60. The zero-order chi connectivity index (χ0) is 20.4. The highest BCUT2D eigenvalue weighted by Crippen LogP contribution is 2.18. The molecule has 0 aromatic heterocycles. The standard InChI is InChI=1S/C22H28N2O4/c1-2-3-9-16(28-22(26)18-12-5-7-14-20(18)24)10-8-15-27-21(25)17-11-4-6-13-19(17)23/h4-7,11-14,16H,2-3,8-10,15,23-24H2,1H3. The van der Waals surface area contributed by atoms with Gasteiger partial charge in [-0.2, -0.15) is 0 Å². The quantitative estimate of drug-likeness (QED) is 0.361. The number of carbonyl (C=O) groups is 2. The second kappa shape index (κ2) is 11.0. The Hall–Kier alpha value is -3.02. The first-order chi connectivity index (χ1) is 13.5. The van der Waals surface area contributed by atoms with Crippen LogP contribution in [0, 0.1) is 0 Å². The Labute approximate surface area is 165 Å². The Morgan fingerprint density at radius 3 is 1.96 bits per heavy atom. The summed E-state index contributed by atoms with van der Waals surface area (Å²) in [5.41, 5.74) is 13.2. The molecule has 0 aliphatic heterocycles. The Morgan fingerprint density at radius 2 is 1.39 bits per heavy atom. The van der Waals surface area contributed by atoms with Crippen LogP contribution >= 0.6 is 0 Å². The fourth-order valence-electron chi connectivity index (χ4n) is 2.83. The topological polar surface area (TPSA) is 105 Å². The Balaban J connectivity index is 1.85. The van der Waals surface area contributed by atoms with Crippen molar-refractivity contribution in [3.05, 3.63) is 59.7 Å². The molecular formula is C22H28N2O4. The Kier molecular flexibility index (Phi) is 8.34. The third kappa shape index (κ3) is 6.30. The minimum atomic E-state index is -0.447. The molecule has 0 spiro atoms. The number of rotatable bonds is 10. The smallest absolute Gasteiger partial charge is 0.340 e. The van der Waals surface area contributed by atoms with Crippen molar-refractivity contribution >= 4 is 23.3 Å². The van der Waals surface area contributed by atoms with Crippen LogP contribution in [0.2, 0.25) is 0 Å². The summed E-state index contributed by atoms with van der Waals surface area (Å²) in [7, 11) is 0. The summed E-state index contributed by atoms with van der Waals surface area (Å²) in [5, 5.41) is 0. The number of unbranched alkanes of at least 4 members (excludes halogenated alkanes) is 1. The van der Waals surface area contributed by atoms with E-state index in [2.05, 4.69) is 6.92 Å². The number of esters is 2. The van der Waals surface area contributed by atoms with Gasteiger partial charge in [0.25, 0.3) is 0 Å². The van der Waals surface area contributed by atoms with E-state index in [1.165, 1.54) is 0 Å². The molecule has 0 amide bonds. The van der Waals surface area contributed by atoms with Gasteiger partial charge in [-0.05, 0) is 43.5 Å². The van der Waals surface area contributed by atoms with Crippen molar-refractivity contribution in [2.45, 2.75) is 45.1 Å². The van der Waals surface area contributed by atoms with Crippen molar-refractivity contribution in [2.75, 3.05) is 18.1 Å². The van der Waals surface area contributed by atoms with Crippen molar-refractivity contribution in [2.24, 2.45) is 0 Å². The zero-order valence-corrected chi connectivity index (χ0v) is 16.2. The van der Waals surface area contributed by atoms with Gasteiger partial charge >= 0.3 is 11.9 Å². The van der Waals surface area contributed by atoms with Crippen molar-refractivity contribution in [3.8, 4) is 0 Å². The van der Waals surface area contributed by atoms with Gasteiger partial charge in [0.05, 0.1) is 17.7 Å². The van der Waals surface area contributed by atoms with Crippen LogP contribution in [-0.4, -0.2) is 24.6 Å². The van der Waals surface area contributed by atoms with Gasteiger partial charge in [0.15, 0.2) is 0 Å². The number of nitrogens with two attached hydrogens (primary N) is 2. The number of carbonyl (C=O) groups excluding carboxylic acids is 2. The minimum absolute atomic E-state index is 0.237. The molecule has 0 heterocycles. The maximum atomic E-state index is 12.4. The largest absolute Gasteiger partial charge is 0.462 e. The van der Waals surface area contributed by atoms with Gasteiger partial charge in [0, 0.05) is 11.4 Å². The highest BCUT2D eigenvalue weighted by atomic mass is 16.5. The average molecular weight is 384 g/mol. The fraction of sp³-hybridized carbons (Fsp3) is 0.364. The summed E-state index contributed by atoms with van der Waals surface area (Å²) in [6.45, 7) is 2.32. The third-order valence-corrected chi connectivity index (χ3v) is 4.42. The number of ether oxygens (including phenoxy) is 2. The van der Waals surface area contributed by atoms with Crippen molar-refractivity contribution in [1.29, 1.82) is 0 Å². The number of nitrogen functional groups attached to an aromatic ring is 2. The monoisotopic (exact) mass is 384 g/mol. The van der Waals surface area contributed by atoms with E-state index >= 15 is 0 Å². The molecule has 2 rings (SSSR count). The van der Waals surface area contributed by atoms with E-state index in [1.54, 1.807) is 48.5 Å². The van der Waals surface area contributed by atoms with E-state index in [9.17, 15) is 9.59 Å². The molecule has 0 aliphatic rings. The number of anilines is 2. The fourth-order valence-corrected chi connectivity index (χ4v) is 2.83. The van der Waals surface area contributed by atoms with E-state index in [0.29, 0.717) is 35.3 Å². The van der Waals surface area contributed by atoms with Crippen LogP contribution in [0.15, 0.2) is 48.5 Å². The maximum Gasteiger partial charge on any atom is 0.340 e. The molecule has 150 valence electrons. The molecule has 1 unspecified atom stereocenters. The lowest BCUT2D eigenvalue weighted by atomic mass is 10.1. The molecule has 0 aliphatic carbocycles. The Morgan fingerprint density at radius 1 is 0.857 bits per heavy atom. The molecule has 1 atom stereocenters. The third-order valence-electron chi connectivity index (χ3n) is 4.42. The van der Waals surface area contributed by atoms with Gasteiger partial charge in [-0.25, -0.2) is 9.59 Å². The minimum Gasteiger partial charge on any atom is -0.462 e. The summed E-state index contributed by atoms with van der Waals surface area (Å²) >= 11 is 0. The molecule has 4 N–H and O–H groups in total. The van der Waals surface area contributed by atoms with E-state index in [1.807, 2.05) is 0 Å². The maximum absolute atomic E-state index is 12.4. The summed E-state index contributed by atoms with van der Waals surface area (Å²) < 4.78 is 10.9. The van der Waals surface area contributed by atoms with Crippen LogP contribution in [0.25, 0.3) is 0 Å². The summed E-state index contributed by atoms with van der Waals surface area (Å²) in [6, 6.07) is 13.6. The van der Waals surface area contributed by atoms with Gasteiger partial charge in [-0.1, -0.05) is 44.0 Å². The van der Waals surface area contributed by atoms with Crippen LogP contribution in [0.3, 0.4) is 0 Å². The number of para-hydroxylation sites is 2. The molecule has 0 saturated carbocycles. The van der Waals surface area contributed by atoms with Crippen LogP contribution in [0.5, 0.6) is 0 Å². The van der Waals surface area contributed by atoms with Gasteiger partial charge in [0.2, 0.25) is 0 Å². The van der Waals surface area contributed by atoms with E-state index in [0.717, 1.165) is 19.3 Å². The number of hydrogen-bond donors (Lipinski definition) is 2. The van der Waals surface area contributed by atoms with E-state index in [-0.39, 0.29) is 12.7 Å². The van der Waals surface area contributed by atoms with Crippen molar-refractivity contribution in [3.63, 3.8) is 0 Å². The normalized spacial score (nSPS) is 11.6. The predicted molar refractivity (Wildman–Crippen MR) is 110 cm³/mol. The lowest BCUT2D eigenvalue weighted by Gasteiger charge is -2.18. The molecule has 28 heavy (non-hydrogen) atoms. The van der Waals surface area contributed by atoms with Gasteiger partial charge in [-0.15, -0.1) is 0 Å². The van der Waals surface area contributed by atoms with Gasteiger partial charge in [-0.3, -0.25) is 0 Å². The average Bonchev–Trinajstić information content (AvgIpc) is 2.69. The predicted octanol–water partition coefficient (Wildman–Crippen LogP) is 4.20. The second-order valence-corrected chi connectivity index (χ2v) is 6.62. The summed E-state index contributed by atoms with van der Waals surface area (Å²) in [4.78, 5) is 24.5. The summed E-state index contributed by atoms with van der Waals surface area (Å²) in [5.74, 6) is -0.870. The molecule has 0 bridgehead atoms. The van der Waals surface area contributed by atoms with Crippen LogP contribution in [0.4, 0.5) is 11.4 Å². The van der Waals surface area contributed by atoms with E-state index < -0.39 is 11.9 Å². The molecule has 0 radical (unpaired) electrons. The zero-order valence-electron chi connectivity index (χ0n) is 16.2. The van der Waals surface area contributed by atoms with Crippen molar-refractivity contribution < 1.29 is 19.1 Å². The number of hydrogen-bond acceptors (Lipinski definition) is 6. The van der Waals surface area contributed by atoms with Crippen LogP contribution in [0.1, 0.15) is 59.7 Å². The number of benzene rings is 2. The second-order valence-electron chi connectivity index (χ2n) is 6.62. The molecule has 0 saturated heterocycles. The van der Waals surface area contributed by atoms with Crippen LogP contribution < -0.4 is 11.5 Å². The molecule has 0 fully saturated rings. The summed E-state index contributed by atoms with van der Waals surface area (Å²) in [6.07, 6.45) is 3.66. The highest BCUT2D eigenvalue weighted by molar-refractivity contribution is 5.95. The molecule has 6 heteroatoms. The first-order valence-electron chi connectivity index (χ1n) is 9.60. The van der Waals surface area contributed by atoms with E-state index in [4.69, 9.17) is 20.9 Å². The lowest BCUT2D eigenvalue weighted by molar-refractivity contribution is 0.0216. The van der Waals surface area contributed by atoms with Crippen molar-refractivity contribution in [1.82, 2.24) is 0 Å². The SMILES string of the molecule is CCCCC(CCCOC(=O)c1ccccc1N)OC(=O)c1ccccc1N. The highest BCUT2D eigenvalue weighted by Gasteiger charge is 2.18. The molecule has 2 aromatic carbocycles. The molecule has 2 aromatic rings. The molecule has 6 nitrogen and oxygen atoms in total. The lowest BCUT2D eigenvalue weighted by Crippen LogP contribution is -2.20. The van der Waals surface area contributed by atoms with Gasteiger partial charge in [0.1, 0.15) is 6.10 Å². The van der Waals surface area contributed by atoms with Crippen LogP contribution in [-0.2, 0) is 9.47 Å².